The van der Waals surface area contributed by atoms with Gasteiger partial charge < -0.3 is 9.13 Å². The summed E-state index contributed by atoms with van der Waals surface area (Å²) in [5, 5.41) is 24.4. The van der Waals surface area contributed by atoms with Gasteiger partial charge in [0.15, 0.2) is 0 Å². The van der Waals surface area contributed by atoms with Gasteiger partial charge in [-0.1, -0.05) is 149 Å². The highest BCUT2D eigenvalue weighted by atomic mass is 15.0. The topological polar surface area (TPSA) is 83.2 Å². The van der Waals surface area contributed by atoms with Crippen LogP contribution in [0.15, 0.2) is 207 Å². The van der Waals surface area contributed by atoms with E-state index in [4.69, 9.17) is 0 Å². The minimum absolute atomic E-state index is 0.0976. The number of hydrogen-bond acceptors (Lipinski definition) is 4. The van der Waals surface area contributed by atoms with Crippen LogP contribution >= 0.6 is 0 Å². The Bertz CT molecular complexity index is 4040. The molecule has 0 N–H and O–H groups in total. The number of para-hydroxylation sites is 2. The summed E-state index contributed by atoms with van der Waals surface area (Å²) in [5.41, 5.74) is 22.0. The van der Waals surface area contributed by atoms with E-state index in [0.29, 0.717) is 17.0 Å². The van der Waals surface area contributed by atoms with E-state index in [2.05, 4.69) is 211 Å². The quantitative estimate of drug-likeness (QED) is 0.176. The molecule has 0 bridgehead atoms. The lowest BCUT2D eigenvalue weighted by Gasteiger charge is -2.22. The van der Waals surface area contributed by atoms with E-state index < -0.39 is 0 Å². The van der Waals surface area contributed by atoms with Gasteiger partial charge in [0.05, 0.1) is 33.3 Å². The Labute approximate surface area is 418 Å². The third-order valence-corrected chi connectivity index (χ3v) is 15.3. The summed E-state index contributed by atoms with van der Waals surface area (Å²) in [6, 6.07) is 72.8. The normalized spacial score (nSPS) is 13.5. The van der Waals surface area contributed by atoms with Crippen molar-refractivity contribution in [2.24, 2.45) is 0 Å². The molecule has 4 aromatic heterocycles. The van der Waals surface area contributed by atoms with E-state index >= 15 is 0 Å². The second kappa shape index (κ2) is 16.1. The van der Waals surface area contributed by atoms with Crippen LogP contribution in [0.25, 0.3) is 99.6 Å². The molecule has 340 valence electrons. The standard InChI is InChI=1S/2C33H23N3/c1-33(2)27-14-5-3-12-24(27)25-16-17-29-30(31(25)33)26-13-4-6-15-28(26)36(29)23-11-7-9-21(19-23)32-22(20-34)10-8-18-35-32;1-33(2)27-14-5-3-11-24(27)25-16-17-30-31(32(25)33)26-12-4-6-15-29(26)36(30)22-10-7-9-21(19-22)23-13-8-18-35-28(23)20-34/h2*3-19H,1-2H3. The molecule has 72 heavy (non-hydrogen) atoms. The van der Waals surface area contributed by atoms with E-state index in [1.165, 1.54) is 88.1 Å². The van der Waals surface area contributed by atoms with Gasteiger partial charge in [-0.25, -0.2) is 4.98 Å². The van der Waals surface area contributed by atoms with Gasteiger partial charge in [0, 0.05) is 67.3 Å². The molecule has 2 aliphatic carbocycles. The molecule has 12 aromatic rings. The van der Waals surface area contributed by atoms with Crippen molar-refractivity contribution in [3.05, 3.63) is 240 Å². The smallest absolute Gasteiger partial charge is 0.148 e. The summed E-state index contributed by atoms with van der Waals surface area (Å²) in [7, 11) is 0. The largest absolute Gasteiger partial charge is 0.309 e. The van der Waals surface area contributed by atoms with Crippen LogP contribution in [0, 0.1) is 22.7 Å². The maximum absolute atomic E-state index is 9.63. The zero-order valence-electron chi connectivity index (χ0n) is 40.3. The molecule has 0 saturated carbocycles. The highest BCUT2D eigenvalue weighted by molar-refractivity contribution is 6.16. The lowest BCUT2D eigenvalue weighted by atomic mass is 9.80. The molecular formula is C66H46N6. The van der Waals surface area contributed by atoms with E-state index in [0.717, 1.165) is 28.1 Å². The molecule has 2 aliphatic rings. The monoisotopic (exact) mass is 922 g/mol. The molecule has 0 fully saturated rings. The second-order valence-electron chi connectivity index (χ2n) is 19.9. The average molecular weight is 923 g/mol. The Morgan fingerprint density at radius 2 is 0.889 bits per heavy atom. The van der Waals surface area contributed by atoms with Gasteiger partial charge in [0.2, 0.25) is 0 Å². The van der Waals surface area contributed by atoms with Gasteiger partial charge in [-0.15, -0.1) is 0 Å². The predicted molar refractivity (Wildman–Crippen MR) is 293 cm³/mol. The first-order valence-electron chi connectivity index (χ1n) is 24.4. The van der Waals surface area contributed by atoms with Crippen molar-refractivity contribution in [3.8, 4) is 68.2 Å². The third-order valence-electron chi connectivity index (χ3n) is 15.3. The molecule has 0 spiro atoms. The zero-order valence-corrected chi connectivity index (χ0v) is 40.3. The van der Waals surface area contributed by atoms with E-state index in [-0.39, 0.29) is 10.8 Å². The molecular weight excluding hydrogens is 877 g/mol. The summed E-state index contributed by atoms with van der Waals surface area (Å²) in [6.07, 6.45) is 3.41. The number of aromatic nitrogens is 4. The first-order valence-corrected chi connectivity index (χ1v) is 24.4. The van der Waals surface area contributed by atoms with Crippen molar-refractivity contribution in [2.75, 3.05) is 0 Å². The van der Waals surface area contributed by atoms with Crippen molar-refractivity contribution < 1.29 is 0 Å². The molecule has 4 heterocycles. The highest BCUT2D eigenvalue weighted by Gasteiger charge is 2.39. The van der Waals surface area contributed by atoms with Gasteiger partial charge in [-0.3, -0.25) is 4.98 Å². The lowest BCUT2D eigenvalue weighted by Crippen LogP contribution is -2.15. The van der Waals surface area contributed by atoms with E-state index in [1.807, 2.05) is 36.4 Å². The van der Waals surface area contributed by atoms with Crippen molar-refractivity contribution in [1.82, 2.24) is 19.1 Å². The fraction of sp³-hybridized carbons (Fsp3) is 0.0909. The fourth-order valence-corrected chi connectivity index (χ4v) is 12.3. The molecule has 0 aliphatic heterocycles. The fourth-order valence-electron chi connectivity index (χ4n) is 12.3. The third kappa shape index (κ3) is 6.19. The molecule has 0 unspecified atom stereocenters. The minimum atomic E-state index is -0.0993. The Hall–Kier alpha value is -9.36. The maximum Gasteiger partial charge on any atom is 0.148 e. The number of fused-ring (bicyclic) bond motifs is 14. The average Bonchev–Trinajstić information content (AvgIpc) is 4.10. The first kappa shape index (κ1) is 42.7. The summed E-state index contributed by atoms with van der Waals surface area (Å²) in [5.74, 6) is 0. The first-order chi connectivity index (χ1) is 35.2. The summed E-state index contributed by atoms with van der Waals surface area (Å²) < 4.78 is 4.71. The van der Waals surface area contributed by atoms with Crippen molar-refractivity contribution >= 4 is 43.6 Å². The molecule has 14 rings (SSSR count). The van der Waals surface area contributed by atoms with Crippen LogP contribution in [0.1, 0.15) is 61.2 Å². The lowest BCUT2D eigenvalue weighted by molar-refractivity contribution is 0.666. The van der Waals surface area contributed by atoms with Crippen molar-refractivity contribution in [2.45, 2.75) is 38.5 Å². The van der Waals surface area contributed by atoms with Crippen molar-refractivity contribution in [1.29, 1.82) is 10.5 Å². The molecule has 0 saturated heterocycles. The Morgan fingerprint density at radius 1 is 0.403 bits per heavy atom. The zero-order chi connectivity index (χ0) is 48.9. The van der Waals surface area contributed by atoms with Crippen LogP contribution in [0.4, 0.5) is 0 Å². The van der Waals surface area contributed by atoms with Gasteiger partial charge in [0.25, 0.3) is 0 Å². The number of hydrogen-bond donors (Lipinski definition) is 0. The highest BCUT2D eigenvalue weighted by Crippen LogP contribution is 2.55. The number of benzene rings is 8. The van der Waals surface area contributed by atoms with Crippen LogP contribution in [0.5, 0.6) is 0 Å². The summed E-state index contributed by atoms with van der Waals surface area (Å²) in [6.45, 7) is 9.37. The van der Waals surface area contributed by atoms with Gasteiger partial charge in [-0.2, -0.15) is 10.5 Å². The molecule has 0 amide bonds. The van der Waals surface area contributed by atoms with Crippen molar-refractivity contribution in [3.63, 3.8) is 0 Å². The van der Waals surface area contributed by atoms with Crippen LogP contribution in [-0.2, 0) is 10.8 Å². The number of nitrogens with zero attached hydrogens (tertiary/aromatic N) is 6. The van der Waals surface area contributed by atoms with Gasteiger partial charge in [0.1, 0.15) is 17.8 Å². The minimum Gasteiger partial charge on any atom is -0.309 e. The molecule has 8 aromatic carbocycles. The molecule has 6 heteroatoms. The van der Waals surface area contributed by atoms with Crippen LogP contribution in [0.3, 0.4) is 0 Å². The Balaban J connectivity index is 0.000000140. The summed E-state index contributed by atoms with van der Waals surface area (Å²) in [4.78, 5) is 8.80. The summed E-state index contributed by atoms with van der Waals surface area (Å²) >= 11 is 0. The second-order valence-corrected chi connectivity index (χ2v) is 19.9. The van der Waals surface area contributed by atoms with Crippen LogP contribution in [-0.4, -0.2) is 19.1 Å². The molecule has 6 nitrogen and oxygen atoms in total. The molecule has 0 atom stereocenters. The molecule has 0 radical (unpaired) electrons. The number of pyridine rings is 2. The predicted octanol–water partition coefficient (Wildman–Crippen LogP) is 16.0. The van der Waals surface area contributed by atoms with E-state index in [1.54, 1.807) is 18.5 Å². The Morgan fingerprint density at radius 3 is 1.46 bits per heavy atom. The van der Waals surface area contributed by atoms with Crippen LogP contribution < -0.4 is 0 Å². The van der Waals surface area contributed by atoms with Gasteiger partial charge >= 0.3 is 0 Å². The Kier molecular flexibility index (Phi) is 9.55. The number of nitriles is 2. The number of rotatable bonds is 4. The van der Waals surface area contributed by atoms with Gasteiger partial charge in [-0.05, 0) is 123 Å². The SMILES string of the molecule is CC1(C)c2ccccc2-c2ccc3c(c21)c1ccccc1n3-c1cccc(-c2cccnc2C#N)c1.CC1(C)c2ccccc2-c2ccc3c(c21)c1ccccc1n3-c1cccc(-c2ncccc2C#N)c1. The van der Waals surface area contributed by atoms with Crippen LogP contribution in [0.2, 0.25) is 0 Å². The maximum atomic E-state index is 9.63. The van der Waals surface area contributed by atoms with E-state index in [9.17, 15) is 10.5 Å².